The molecular formula is C23H25ClN2O4. The molecule has 1 heterocycles. The summed E-state index contributed by atoms with van der Waals surface area (Å²) < 4.78 is 16.8. The van der Waals surface area contributed by atoms with Crippen molar-refractivity contribution >= 4 is 17.5 Å². The number of ether oxygens (including phenoxy) is 3. The topological polar surface area (TPSA) is 71.8 Å². The summed E-state index contributed by atoms with van der Waals surface area (Å²) in [6.07, 6.45) is 1.84. The lowest BCUT2D eigenvalue weighted by Crippen LogP contribution is -2.44. The van der Waals surface area contributed by atoms with Crippen LogP contribution in [-0.4, -0.2) is 43.7 Å². The molecule has 6 nitrogen and oxygen atoms in total. The molecule has 7 heteroatoms. The van der Waals surface area contributed by atoms with Gasteiger partial charge in [0.1, 0.15) is 6.61 Å². The summed E-state index contributed by atoms with van der Waals surface area (Å²) in [5.74, 6) is 0.931. The molecule has 0 spiro atoms. The molecule has 30 heavy (non-hydrogen) atoms. The van der Waals surface area contributed by atoms with Gasteiger partial charge in [-0.05, 0) is 48.7 Å². The number of halogens is 1. The molecule has 0 aromatic heterocycles. The van der Waals surface area contributed by atoms with Crippen LogP contribution in [0.1, 0.15) is 35.2 Å². The first kappa shape index (κ1) is 21.9. The van der Waals surface area contributed by atoms with Crippen LogP contribution < -0.4 is 9.47 Å². The lowest BCUT2D eigenvalue weighted by atomic mass is 10.0. The van der Waals surface area contributed by atoms with Crippen LogP contribution in [0.5, 0.6) is 11.5 Å². The molecule has 0 radical (unpaired) electrons. The van der Waals surface area contributed by atoms with Gasteiger partial charge in [0.05, 0.1) is 19.6 Å². The lowest BCUT2D eigenvalue weighted by molar-refractivity contribution is 0.0296. The maximum atomic E-state index is 13.2. The van der Waals surface area contributed by atoms with Gasteiger partial charge < -0.3 is 19.1 Å². The van der Waals surface area contributed by atoms with Crippen molar-refractivity contribution in [2.45, 2.75) is 31.9 Å². The minimum absolute atomic E-state index is 0.0754. The maximum Gasteiger partial charge on any atom is 0.254 e. The number of methoxy groups -OCH3 is 1. The molecule has 158 valence electrons. The Labute approximate surface area is 181 Å². The number of nitriles is 1. The van der Waals surface area contributed by atoms with Crippen molar-refractivity contribution in [3.8, 4) is 17.6 Å². The highest BCUT2D eigenvalue weighted by molar-refractivity contribution is 6.30. The van der Waals surface area contributed by atoms with E-state index in [1.54, 1.807) is 30.2 Å². The van der Waals surface area contributed by atoms with E-state index < -0.39 is 0 Å². The lowest BCUT2D eigenvalue weighted by Gasteiger charge is -2.34. The summed E-state index contributed by atoms with van der Waals surface area (Å²) in [7, 11) is 1.55. The van der Waals surface area contributed by atoms with Gasteiger partial charge in [0.15, 0.2) is 11.5 Å². The predicted molar refractivity (Wildman–Crippen MR) is 114 cm³/mol. The zero-order valence-electron chi connectivity index (χ0n) is 17.0. The summed E-state index contributed by atoms with van der Waals surface area (Å²) in [6.45, 7) is 2.01. The molecule has 2 aromatic rings. The van der Waals surface area contributed by atoms with E-state index in [1.807, 2.05) is 24.3 Å². The molecule has 1 fully saturated rings. The average molecular weight is 429 g/mol. The zero-order chi connectivity index (χ0) is 21.3. The van der Waals surface area contributed by atoms with Crippen molar-refractivity contribution in [1.29, 1.82) is 5.26 Å². The smallest absolute Gasteiger partial charge is 0.254 e. The molecule has 0 saturated carbocycles. The first-order valence-corrected chi connectivity index (χ1v) is 10.3. The largest absolute Gasteiger partial charge is 0.493 e. The first-order valence-electron chi connectivity index (χ1n) is 9.93. The van der Waals surface area contributed by atoms with E-state index in [2.05, 4.69) is 6.07 Å². The van der Waals surface area contributed by atoms with Gasteiger partial charge in [0.2, 0.25) is 0 Å². The van der Waals surface area contributed by atoms with E-state index >= 15 is 0 Å². The summed E-state index contributed by atoms with van der Waals surface area (Å²) in [5, 5.41) is 9.67. The zero-order valence-corrected chi connectivity index (χ0v) is 17.7. The first-order chi connectivity index (χ1) is 14.6. The number of benzene rings is 2. The second-order valence-electron chi connectivity index (χ2n) is 7.03. The third kappa shape index (κ3) is 5.65. The molecule has 3 rings (SSSR count). The van der Waals surface area contributed by atoms with Crippen molar-refractivity contribution in [1.82, 2.24) is 4.90 Å². The van der Waals surface area contributed by atoms with Gasteiger partial charge in [-0.3, -0.25) is 4.79 Å². The average Bonchev–Trinajstić information content (AvgIpc) is 2.79. The van der Waals surface area contributed by atoms with E-state index in [-0.39, 0.29) is 11.9 Å². The molecule has 0 atom stereocenters. The molecule has 1 aliphatic rings. The number of hydrogen-bond donors (Lipinski definition) is 0. The Morgan fingerprint density at radius 1 is 1.20 bits per heavy atom. The summed E-state index contributed by atoms with van der Waals surface area (Å²) in [4.78, 5) is 15.0. The van der Waals surface area contributed by atoms with Crippen molar-refractivity contribution in [3.63, 3.8) is 0 Å². The SMILES string of the molecule is COc1cc(C(=O)N(CCC#N)C2CCOCC2)ccc1OCc1ccc(Cl)cc1. The summed E-state index contributed by atoms with van der Waals surface area (Å²) in [5.41, 5.74) is 1.49. The fourth-order valence-corrected chi connectivity index (χ4v) is 3.57. The minimum Gasteiger partial charge on any atom is -0.493 e. The molecule has 0 N–H and O–H groups in total. The molecular weight excluding hydrogens is 404 g/mol. The van der Waals surface area contributed by atoms with Crippen LogP contribution in [0, 0.1) is 11.3 Å². The highest BCUT2D eigenvalue weighted by atomic mass is 35.5. The van der Waals surface area contributed by atoms with Crippen LogP contribution in [0.2, 0.25) is 5.02 Å². The number of hydrogen-bond acceptors (Lipinski definition) is 5. The van der Waals surface area contributed by atoms with Gasteiger partial charge >= 0.3 is 0 Å². The third-order valence-corrected chi connectivity index (χ3v) is 5.33. The van der Waals surface area contributed by atoms with Crippen LogP contribution in [0.3, 0.4) is 0 Å². The van der Waals surface area contributed by atoms with Gasteiger partial charge in [-0.15, -0.1) is 0 Å². The number of nitrogens with zero attached hydrogens (tertiary/aromatic N) is 2. The molecule has 0 bridgehead atoms. The van der Waals surface area contributed by atoms with Gasteiger partial charge in [-0.1, -0.05) is 23.7 Å². The van der Waals surface area contributed by atoms with Crippen molar-refractivity contribution in [2.24, 2.45) is 0 Å². The monoisotopic (exact) mass is 428 g/mol. The Morgan fingerprint density at radius 2 is 1.93 bits per heavy atom. The fraction of sp³-hybridized carbons (Fsp3) is 0.391. The maximum absolute atomic E-state index is 13.2. The number of rotatable bonds is 8. The standard InChI is InChI=1S/C23H25ClN2O4/c1-28-22-15-18(5-8-21(22)30-16-17-3-6-19(24)7-4-17)23(27)26(12-2-11-25)20-9-13-29-14-10-20/h3-8,15,20H,2,9-10,12-14,16H2,1H3. The van der Waals surface area contributed by atoms with E-state index in [0.717, 1.165) is 18.4 Å². The second-order valence-corrected chi connectivity index (χ2v) is 7.47. The fourth-order valence-electron chi connectivity index (χ4n) is 3.44. The number of amides is 1. The van der Waals surface area contributed by atoms with Gasteiger partial charge in [-0.2, -0.15) is 5.26 Å². The van der Waals surface area contributed by atoms with Crippen molar-refractivity contribution in [2.75, 3.05) is 26.9 Å². The molecule has 0 aliphatic carbocycles. The molecule has 0 unspecified atom stereocenters. The number of carbonyl (C=O) groups is 1. The van der Waals surface area contributed by atoms with E-state index in [9.17, 15) is 4.79 Å². The van der Waals surface area contributed by atoms with Gasteiger partial charge in [0.25, 0.3) is 5.91 Å². The van der Waals surface area contributed by atoms with Gasteiger partial charge in [-0.25, -0.2) is 0 Å². The van der Waals surface area contributed by atoms with Crippen LogP contribution in [0.25, 0.3) is 0 Å². The van der Waals surface area contributed by atoms with Crippen LogP contribution in [0.4, 0.5) is 0 Å². The van der Waals surface area contributed by atoms with Crippen molar-refractivity contribution in [3.05, 3.63) is 58.6 Å². The highest BCUT2D eigenvalue weighted by Gasteiger charge is 2.27. The summed E-state index contributed by atoms with van der Waals surface area (Å²) >= 11 is 5.92. The van der Waals surface area contributed by atoms with E-state index in [4.69, 9.17) is 31.1 Å². The second kappa shape index (κ2) is 10.9. The Kier molecular flexibility index (Phi) is 7.95. The molecule has 1 saturated heterocycles. The molecule has 2 aromatic carbocycles. The van der Waals surface area contributed by atoms with E-state index in [0.29, 0.717) is 54.9 Å². The normalized spacial score (nSPS) is 14.0. The summed E-state index contributed by atoms with van der Waals surface area (Å²) in [6, 6.07) is 14.8. The van der Waals surface area contributed by atoms with Crippen LogP contribution in [-0.2, 0) is 11.3 Å². The Hall–Kier alpha value is -2.75. The van der Waals surface area contributed by atoms with Crippen LogP contribution in [0.15, 0.2) is 42.5 Å². The van der Waals surface area contributed by atoms with Crippen LogP contribution >= 0.6 is 11.6 Å². The Balaban J connectivity index is 1.74. The highest BCUT2D eigenvalue weighted by Crippen LogP contribution is 2.30. The molecule has 1 aliphatic heterocycles. The van der Waals surface area contributed by atoms with Crippen molar-refractivity contribution < 1.29 is 19.0 Å². The van der Waals surface area contributed by atoms with E-state index in [1.165, 1.54) is 0 Å². The predicted octanol–water partition coefficient (Wildman–Crippen LogP) is 4.46. The molecule has 1 amide bonds. The third-order valence-electron chi connectivity index (χ3n) is 5.08. The van der Waals surface area contributed by atoms with Gasteiger partial charge in [0, 0.05) is 36.4 Å². The number of carbonyl (C=O) groups excluding carboxylic acids is 1. The Bertz CT molecular complexity index is 889. The Morgan fingerprint density at radius 3 is 2.60 bits per heavy atom. The quantitative estimate of drug-likeness (QED) is 0.620. The minimum atomic E-state index is -0.111.